The van der Waals surface area contributed by atoms with Gasteiger partial charge in [0.15, 0.2) is 5.52 Å². The Morgan fingerprint density at radius 3 is 2.43 bits per heavy atom. The van der Waals surface area contributed by atoms with E-state index in [4.69, 9.17) is 9.84 Å². The summed E-state index contributed by atoms with van der Waals surface area (Å²) >= 11 is 0. The first-order valence-electron chi connectivity index (χ1n) is 8.05. The van der Waals surface area contributed by atoms with Gasteiger partial charge in [0.1, 0.15) is 17.7 Å². The second-order valence-corrected chi connectivity index (χ2v) is 6.03. The maximum Gasteiger partial charge on any atom is 0.418 e. The maximum atomic E-state index is 13.5. The van der Waals surface area contributed by atoms with Crippen LogP contribution in [0.1, 0.15) is 40.5 Å². The number of ether oxygens (including phenoxy) is 1. The monoisotopic (exact) mass is 393 g/mol. The largest absolute Gasteiger partial charge is 0.484 e. The Labute approximate surface area is 155 Å². The van der Waals surface area contributed by atoms with Crippen molar-refractivity contribution in [3.63, 3.8) is 0 Å². The van der Waals surface area contributed by atoms with Gasteiger partial charge >= 0.3 is 12.1 Å². The second-order valence-electron chi connectivity index (χ2n) is 6.03. The Bertz CT molecular complexity index is 1110. The number of hydrogen-bond donors (Lipinski definition) is 2. The zero-order valence-electron chi connectivity index (χ0n) is 14.7. The molecular formula is C18H14F3N3O4. The number of aromatic nitrogens is 3. The fourth-order valence-electron chi connectivity index (χ4n) is 2.67. The third-order valence-corrected chi connectivity index (χ3v) is 3.93. The lowest BCUT2D eigenvalue weighted by Gasteiger charge is -2.19. The maximum absolute atomic E-state index is 13.5. The van der Waals surface area contributed by atoms with Crippen molar-refractivity contribution < 1.29 is 27.8 Å². The van der Waals surface area contributed by atoms with Crippen molar-refractivity contribution in [3.8, 4) is 5.75 Å². The number of aromatic carboxylic acids is 1. The lowest BCUT2D eigenvalue weighted by atomic mass is 10.1. The number of H-pyrrole nitrogens is 1. The fourth-order valence-corrected chi connectivity index (χ4v) is 2.67. The molecule has 0 amide bonds. The minimum Gasteiger partial charge on any atom is -0.484 e. The molecule has 7 nitrogen and oxygen atoms in total. The summed E-state index contributed by atoms with van der Waals surface area (Å²) in [7, 11) is 0. The summed E-state index contributed by atoms with van der Waals surface area (Å²) in [5, 5.41) is 8.89. The number of pyridine rings is 1. The van der Waals surface area contributed by atoms with E-state index in [2.05, 4.69) is 15.0 Å². The van der Waals surface area contributed by atoms with Gasteiger partial charge in [0, 0.05) is 0 Å². The highest BCUT2D eigenvalue weighted by Gasteiger charge is 2.37. The van der Waals surface area contributed by atoms with E-state index < -0.39 is 35.1 Å². The molecule has 1 atom stereocenters. The number of nitrogens with zero attached hydrogens (tertiary/aromatic N) is 2. The number of aromatic amines is 1. The molecule has 0 aliphatic heterocycles. The van der Waals surface area contributed by atoms with Crippen molar-refractivity contribution in [2.45, 2.75) is 26.1 Å². The molecule has 2 aromatic heterocycles. The van der Waals surface area contributed by atoms with Crippen molar-refractivity contribution in [1.29, 1.82) is 0 Å². The summed E-state index contributed by atoms with van der Waals surface area (Å²) in [6, 6.07) is 5.95. The van der Waals surface area contributed by atoms with E-state index in [1.54, 1.807) is 0 Å². The molecule has 0 saturated heterocycles. The molecule has 2 N–H and O–H groups in total. The van der Waals surface area contributed by atoms with Crippen LogP contribution in [-0.4, -0.2) is 26.0 Å². The average Bonchev–Trinajstić information content (AvgIpc) is 2.60. The van der Waals surface area contributed by atoms with Crippen molar-refractivity contribution in [3.05, 3.63) is 63.3 Å². The molecule has 0 bridgehead atoms. The highest BCUT2D eigenvalue weighted by molar-refractivity contribution is 5.87. The van der Waals surface area contributed by atoms with Gasteiger partial charge in [-0.25, -0.2) is 14.8 Å². The number of carbonyl (C=O) groups is 1. The molecule has 0 unspecified atom stereocenters. The van der Waals surface area contributed by atoms with Gasteiger partial charge < -0.3 is 14.8 Å². The third-order valence-electron chi connectivity index (χ3n) is 3.93. The Balaban J connectivity index is 2.06. The molecule has 0 aliphatic carbocycles. The molecule has 0 radical (unpaired) electrons. The Morgan fingerprint density at radius 1 is 1.21 bits per heavy atom. The zero-order valence-corrected chi connectivity index (χ0v) is 14.7. The summed E-state index contributed by atoms with van der Waals surface area (Å²) in [4.78, 5) is 33.1. The van der Waals surface area contributed by atoms with E-state index in [0.29, 0.717) is 0 Å². The Morgan fingerprint density at radius 2 is 1.86 bits per heavy atom. The topological polar surface area (TPSA) is 105 Å². The van der Waals surface area contributed by atoms with Gasteiger partial charge in [-0.15, -0.1) is 0 Å². The van der Waals surface area contributed by atoms with Crippen LogP contribution in [0.5, 0.6) is 5.75 Å². The summed E-state index contributed by atoms with van der Waals surface area (Å²) in [6.07, 6.45) is -5.91. The van der Waals surface area contributed by atoms with E-state index in [-0.39, 0.29) is 28.2 Å². The number of carboxylic acid groups (broad SMARTS) is 1. The van der Waals surface area contributed by atoms with Gasteiger partial charge in [0.05, 0.1) is 22.3 Å². The first-order chi connectivity index (χ1) is 13.1. The van der Waals surface area contributed by atoms with Crippen LogP contribution in [0.3, 0.4) is 0 Å². The van der Waals surface area contributed by atoms with Crippen LogP contribution >= 0.6 is 0 Å². The number of nitrogens with one attached hydrogen (secondary N) is 1. The van der Waals surface area contributed by atoms with Crippen LogP contribution in [0.2, 0.25) is 0 Å². The number of aryl methyl sites for hydroxylation is 1. The van der Waals surface area contributed by atoms with Gasteiger partial charge in [0.2, 0.25) is 0 Å². The molecule has 3 aromatic rings. The molecular weight excluding hydrogens is 379 g/mol. The third kappa shape index (κ3) is 3.80. The van der Waals surface area contributed by atoms with E-state index in [0.717, 1.165) is 6.07 Å². The Hall–Kier alpha value is -3.43. The summed E-state index contributed by atoms with van der Waals surface area (Å²) in [5.41, 5.74) is -2.59. The molecule has 2 heterocycles. The van der Waals surface area contributed by atoms with Crippen LogP contribution < -0.4 is 10.3 Å². The minimum atomic E-state index is -4.74. The summed E-state index contributed by atoms with van der Waals surface area (Å²) in [5.74, 6) is -0.816. The number of carboxylic acids is 1. The van der Waals surface area contributed by atoms with Crippen LogP contribution in [0, 0.1) is 6.92 Å². The van der Waals surface area contributed by atoms with Gasteiger partial charge in [-0.3, -0.25) is 4.79 Å². The predicted octanol–water partition coefficient (Wildman–Crippen LogP) is 3.48. The van der Waals surface area contributed by atoms with Crippen LogP contribution in [0.25, 0.3) is 11.0 Å². The molecule has 3 rings (SSSR count). The lowest BCUT2D eigenvalue weighted by molar-refractivity contribution is -0.139. The van der Waals surface area contributed by atoms with Crippen LogP contribution in [-0.2, 0) is 6.18 Å². The number of halogens is 3. The van der Waals surface area contributed by atoms with Crippen molar-refractivity contribution in [2.24, 2.45) is 0 Å². The number of hydrogen-bond acceptors (Lipinski definition) is 5. The van der Waals surface area contributed by atoms with E-state index in [1.165, 1.54) is 38.1 Å². The Kier molecular flexibility index (Phi) is 4.80. The van der Waals surface area contributed by atoms with Crippen molar-refractivity contribution in [2.75, 3.05) is 0 Å². The number of fused-ring (bicyclic) bond motifs is 1. The molecule has 10 heteroatoms. The zero-order chi connectivity index (χ0) is 20.6. The summed E-state index contributed by atoms with van der Waals surface area (Å²) in [6.45, 7) is 2.80. The summed E-state index contributed by atoms with van der Waals surface area (Å²) < 4.78 is 46.1. The fraction of sp³-hybridized carbons (Fsp3) is 0.222. The predicted molar refractivity (Wildman–Crippen MR) is 92.3 cm³/mol. The van der Waals surface area contributed by atoms with E-state index in [9.17, 15) is 22.8 Å². The first-order valence-corrected chi connectivity index (χ1v) is 8.05. The molecule has 0 saturated carbocycles. The van der Waals surface area contributed by atoms with Gasteiger partial charge in [-0.05, 0) is 44.2 Å². The molecule has 0 aliphatic rings. The number of rotatable bonds is 4. The molecule has 146 valence electrons. The average molecular weight is 393 g/mol. The van der Waals surface area contributed by atoms with Gasteiger partial charge in [-0.2, -0.15) is 13.2 Å². The van der Waals surface area contributed by atoms with Crippen molar-refractivity contribution >= 4 is 17.0 Å². The molecule has 0 spiro atoms. The number of benzene rings is 1. The minimum absolute atomic E-state index is 0.00721. The SMILES string of the molecule is Cc1nc2cc(C(F)(F)F)c([C@H](C)Oc3ccc(C(=O)O)cc3)nc2c(=O)[nH]1. The normalized spacial score (nSPS) is 12.8. The molecule has 1 aromatic carbocycles. The standard InChI is InChI=1S/C18H14F3N3O4/c1-8(28-11-5-3-10(4-6-11)17(26)27)14-12(18(19,20)21)7-13-15(24-14)16(25)23-9(2)22-13/h3-8H,1-2H3,(H,26,27)(H,22,23,25)/t8-/m0/s1. The number of alkyl halides is 3. The molecule has 28 heavy (non-hydrogen) atoms. The smallest absolute Gasteiger partial charge is 0.418 e. The first kappa shape index (κ1) is 19.3. The molecule has 0 fully saturated rings. The van der Waals surface area contributed by atoms with Crippen LogP contribution in [0.4, 0.5) is 13.2 Å². The van der Waals surface area contributed by atoms with E-state index in [1.807, 2.05) is 0 Å². The van der Waals surface area contributed by atoms with Gasteiger partial charge in [-0.1, -0.05) is 0 Å². The van der Waals surface area contributed by atoms with E-state index >= 15 is 0 Å². The van der Waals surface area contributed by atoms with Crippen LogP contribution in [0.15, 0.2) is 35.1 Å². The van der Waals surface area contributed by atoms with Gasteiger partial charge in [0.25, 0.3) is 5.56 Å². The highest BCUT2D eigenvalue weighted by Crippen LogP contribution is 2.36. The van der Waals surface area contributed by atoms with Crippen molar-refractivity contribution in [1.82, 2.24) is 15.0 Å². The quantitative estimate of drug-likeness (QED) is 0.703. The highest BCUT2D eigenvalue weighted by atomic mass is 19.4. The lowest BCUT2D eigenvalue weighted by Crippen LogP contribution is -2.19. The second kappa shape index (κ2) is 6.95.